The monoisotopic (exact) mass is 490 g/mol. The average Bonchev–Trinajstić information content (AvgIpc) is 3.10. The van der Waals surface area contributed by atoms with E-state index in [1.54, 1.807) is 11.0 Å². The molecule has 0 amide bonds. The SMILES string of the molecule is O=S(=O)(C1CN(Cc2ccccc2)CCC1Nc1ncnc2sc(Cl)cc12)C(F)(F)F. The lowest BCUT2D eigenvalue weighted by molar-refractivity contribution is -0.0453. The summed E-state index contributed by atoms with van der Waals surface area (Å²) in [5.74, 6) is 0.275. The van der Waals surface area contributed by atoms with Crippen LogP contribution in [0.25, 0.3) is 10.2 Å². The molecule has 0 spiro atoms. The van der Waals surface area contributed by atoms with Crippen molar-refractivity contribution in [3.63, 3.8) is 0 Å². The van der Waals surface area contributed by atoms with Crippen molar-refractivity contribution >= 4 is 48.8 Å². The highest BCUT2D eigenvalue weighted by atomic mass is 35.5. The molecule has 3 aromatic rings. The minimum Gasteiger partial charge on any atom is -0.365 e. The summed E-state index contributed by atoms with van der Waals surface area (Å²) in [6, 6.07) is 9.87. The summed E-state index contributed by atoms with van der Waals surface area (Å²) < 4.78 is 65.7. The van der Waals surface area contributed by atoms with E-state index >= 15 is 0 Å². The maximum absolute atomic E-state index is 13.5. The molecular weight excluding hydrogens is 473 g/mol. The molecule has 1 saturated heterocycles. The summed E-state index contributed by atoms with van der Waals surface area (Å²) in [5.41, 5.74) is -4.44. The Morgan fingerprint density at radius 2 is 1.97 bits per heavy atom. The van der Waals surface area contributed by atoms with Gasteiger partial charge in [0.25, 0.3) is 9.84 Å². The second kappa shape index (κ2) is 8.53. The summed E-state index contributed by atoms with van der Waals surface area (Å²) in [4.78, 5) is 10.5. The van der Waals surface area contributed by atoms with Crippen LogP contribution in [-0.2, 0) is 16.4 Å². The summed E-state index contributed by atoms with van der Waals surface area (Å²) in [6.45, 7) is 0.567. The van der Waals surface area contributed by atoms with Crippen molar-refractivity contribution in [3.05, 3.63) is 52.6 Å². The second-order valence-electron chi connectivity index (χ2n) is 7.28. The standard InChI is InChI=1S/C19H18ClF3N4O2S2/c20-16-8-13-17(24-11-25-18(13)30-16)26-14-6-7-27(9-12-4-2-1-3-5-12)10-15(14)31(28,29)19(21,22)23/h1-5,8,11,14-15H,6-7,9-10H2,(H,24,25,26). The van der Waals surface area contributed by atoms with Crippen LogP contribution < -0.4 is 5.32 Å². The lowest BCUT2D eigenvalue weighted by Crippen LogP contribution is -2.55. The van der Waals surface area contributed by atoms with Gasteiger partial charge in [0.2, 0.25) is 0 Å². The van der Waals surface area contributed by atoms with Crippen LogP contribution in [-0.4, -0.2) is 53.2 Å². The molecule has 0 saturated carbocycles. The number of aromatic nitrogens is 2. The van der Waals surface area contributed by atoms with Gasteiger partial charge in [0.1, 0.15) is 22.2 Å². The first-order chi connectivity index (χ1) is 14.6. The van der Waals surface area contributed by atoms with E-state index in [-0.39, 0.29) is 18.8 Å². The zero-order valence-corrected chi connectivity index (χ0v) is 18.4. The number of thiophene rings is 1. The normalized spacial score (nSPS) is 20.8. The van der Waals surface area contributed by atoms with Crippen LogP contribution in [0.2, 0.25) is 4.34 Å². The molecule has 3 heterocycles. The van der Waals surface area contributed by atoms with Crippen LogP contribution in [0.1, 0.15) is 12.0 Å². The van der Waals surface area contributed by atoms with Crippen molar-refractivity contribution in [2.75, 3.05) is 18.4 Å². The molecule has 0 radical (unpaired) electrons. The van der Waals surface area contributed by atoms with E-state index in [9.17, 15) is 21.6 Å². The van der Waals surface area contributed by atoms with Gasteiger partial charge in [-0.2, -0.15) is 13.2 Å². The molecule has 0 bridgehead atoms. The van der Waals surface area contributed by atoms with Crippen molar-refractivity contribution in [1.29, 1.82) is 0 Å². The van der Waals surface area contributed by atoms with Gasteiger partial charge in [-0.15, -0.1) is 11.3 Å². The first kappa shape index (κ1) is 22.3. The molecule has 12 heteroatoms. The summed E-state index contributed by atoms with van der Waals surface area (Å²) in [6.07, 6.45) is 1.48. The number of hydrogen-bond donors (Lipinski definition) is 1. The number of hydrogen-bond acceptors (Lipinski definition) is 7. The molecule has 2 unspecified atom stereocenters. The fourth-order valence-corrected chi connectivity index (χ4v) is 6.18. The first-order valence-corrected chi connectivity index (χ1v) is 12.1. The molecule has 31 heavy (non-hydrogen) atoms. The molecule has 2 atom stereocenters. The molecule has 1 aliphatic rings. The third-order valence-corrected chi connectivity index (χ3v) is 8.33. The highest BCUT2D eigenvalue weighted by Gasteiger charge is 2.54. The average molecular weight is 491 g/mol. The van der Waals surface area contributed by atoms with Crippen LogP contribution in [0.3, 0.4) is 0 Å². The number of piperidine rings is 1. The van der Waals surface area contributed by atoms with Crippen LogP contribution in [0, 0.1) is 0 Å². The van der Waals surface area contributed by atoms with Gasteiger partial charge in [-0.05, 0) is 18.1 Å². The Balaban J connectivity index is 1.63. The Morgan fingerprint density at radius 3 is 2.68 bits per heavy atom. The molecule has 6 nitrogen and oxygen atoms in total. The van der Waals surface area contributed by atoms with Crippen LogP contribution in [0.5, 0.6) is 0 Å². The van der Waals surface area contributed by atoms with Gasteiger partial charge in [0.05, 0.1) is 9.72 Å². The number of benzene rings is 1. The van der Waals surface area contributed by atoms with Gasteiger partial charge in [0, 0.05) is 25.7 Å². The Kier molecular flexibility index (Phi) is 6.12. The van der Waals surface area contributed by atoms with Crippen molar-refractivity contribution < 1.29 is 21.6 Å². The number of sulfone groups is 1. The number of fused-ring (bicyclic) bond motifs is 1. The van der Waals surface area contributed by atoms with E-state index in [4.69, 9.17) is 11.6 Å². The first-order valence-electron chi connectivity index (χ1n) is 9.38. The van der Waals surface area contributed by atoms with Gasteiger partial charge < -0.3 is 5.32 Å². The lowest BCUT2D eigenvalue weighted by atomic mass is 10.0. The molecule has 2 aromatic heterocycles. The van der Waals surface area contributed by atoms with Gasteiger partial charge >= 0.3 is 5.51 Å². The van der Waals surface area contributed by atoms with Crippen molar-refractivity contribution in [3.8, 4) is 0 Å². The van der Waals surface area contributed by atoms with E-state index in [1.807, 2.05) is 30.3 Å². The number of likely N-dealkylation sites (tertiary alicyclic amines) is 1. The van der Waals surface area contributed by atoms with Gasteiger partial charge in [-0.1, -0.05) is 41.9 Å². The van der Waals surface area contributed by atoms with Crippen LogP contribution in [0.15, 0.2) is 42.7 Å². The van der Waals surface area contributed by atoms with Gasteiger partial charge in [0.15, 0.2) is 0 Å². The summed E-state index contributed by atoms with van der Waals surface area (Å²) in [7, 11) is -5.41. The smallest absolute Gasteiger partial charge is 0.365 e. The summed E-state index contributed by atoms with van der Waals surface area (Å²) >= 11 is 7.24. The predicted octanol–water partition coefficient (Wildman–Crippen LogP) is 4.33. The highest BCUT2D eigenvalue weighted by Crippen LogP contribution is 2.35. The summed E-state index contributed by atoms with van der Waals surface area (Å²) in [5, 5.41) is 1.81. The molecule has 1 N–H and O–H groups in total. The molecule has 1 fully saturated rings. The number of nitrogens with one attached hydrogen (secondary N) is 1. The Bertz CT molecular complexity index is 1170. The number of anilines is 1. The van der Waals surface area contributed by atoms with Gasteiger partial charge in [-0.3, -0.25) is 4.90 Å². The van der Waals surface area contributed by atoms with E-state index < -0.39 is 26.6 Å². The van der Waals surface area contributed by atoms with Crippen LogP contribution in [0.4, 0.5) is 19.0 Å². The second-order valence-corrected chi connectivity index (χ2v) is 11.1. The Labute approximate surface area is 186 Å². The quantitative estimate of drug-likeness (QED) is 0.573. The fraction of sp³-hybridized carbons (Fsp3) is 0.368. The van der Waals surface area contributed by atoms with E-state index in [0.717, 1.165) is 5.56 Å². The van der Waals surface area contributed by atoms with Crippen molar-refractivity contribution in [1.82, 2.24) is 14.9 Å². The van der Waals surface area contributed by atoms with E-state index in [1.165, 1.54) is 17.7 Å². The van der Waals surface area contributed by atoms with Crippen LogP contribution >= 0.6 is 22.9 Å². The lowest BCUT2D eigenvalue weighted by Gasteiger charge is -2.38. The number of halogens is 4. The molecule has 1 aliphatic heterocycles. The minimum atomic E-state index is -5.41. The van der Waals surface area contributed by atoms with E-state index in [2.05, 4.69) is 15.3 Å². The fourth-order valence-electron chi connectivity index (χ4n) is 3.73. The molecule has 0 aliphatic carbocycles. The third-order valence-electron chi connectivity index (χ3n) is 5.23. The molecular formula is C19H18ClF3N4O2S2. The number of alkyl halides is 3. The molecule has 1 aromatic carbocycles. The minimum absolute atomic E-state index is 0.205. The zero-order chi connectivity index (χ0) is 22.2. The maximum Gasteiger partial charge on any atom is 0.497 e. The van der Waals surface area contributed by atoms with Crippen molar-refractivity contribution in [2.24, 2.45) is 0 Å². The zero-order valence-electron chi connectivity index (χ0n) is 16.0. The maximum atomic E-state index is 13.5. The third kappa shape index (κ3) is 4.64. The largest absolute Gasteiger partial charge is 0.497 e. The molecule has 4 rings (SSSR count). The van der Waals surface area contributed by atoms with Crippen molar-refractivity contribution in [2.45, 2.75) is 29.8 Å². The van der Waals surface area contributed by atoms with Gasteiger partial charge in [-0.25, -0.2) is 18.4 Å². The topological polar surface area (TPSA) is 75.2 Å². The Morgan fingerprint density at radius 1 is 1.23 bits per heavy atom. The highest BCUT2D eigenvalue weighted by molar-refractivity contribution is 7.93. The van der Waals surface area contributed by atoms with E-state index in [0.29, 0.717) is 27.6 Å². The molecule has 166 valence electrons. The predicted molar refractivity (Wildman–Crippen MR) is 115 cm³/mol. The Hall–Kier alpha value is -1.95. The number of nitrogens with zero attached hydrogens (tertiary/aromatic N) is 3. The number of rotatable bonds is 5.